The number of nitrogens with two attached hydrogens (primary N) is 1. The van der Waals surface area contributed by atoms with Crippen LogP contribution in [0, 0.1) is 17.7 Å². The summed E-state index contributed by atoms with van der Waals surface area (Å²) < 4.78 is 20.0. The van der Waals surface area contributed by atoms with E-state index in [1.807, 2.05) is 6.07 Å². The van der Waals surface area contributed by atoms with Gasteiger partial charge in [-0.3, -0.25) is 0 Å². The number of hydrogen-bond acceptors (Lipinski definition) is 2. The van der Waals surface area contributed by atoms with Crippen LogP contribution in [0.5, 0.6) is 0 Å². The van der Waals surface area contributed by atoms with Crippen LogP contribution in [0.2, 0.25) is 0 Å². The second-order valence-electron chi connectivity index (χ2n) is 5.11. The minimum absolute atomic E-state index is 0.00676. The number of halogens is 2. The van der Waals surface area contributed by atoms with Crippen LogP contribution in [0.1, 0.15) is 18.9 Å². The van der Waals surface area contributed by atoms with Crippen molar-refractivity contribution in [2.75, 3.05) is 13.2 Å². The maximum Gasteiger partial charge on any atom is 0.126 e. The molecule has 1 saturated heterocycles. The van der Waals surface area contributed by atoms with E-state index in [0.29, 0.717) is 23.8 Å². The summed E-state index contributed by atoms with van der Waals surface area (Å²) in [4.78, 5) is 0. The van der Waals surface area contributed by atoms with Gasteiger partial charge in [0.15, 0.2) is 0 Å². The molecule has 2 rings (SSSR count). The highest BCUT2D eigenvalue weighted by Gasteiger charge is 2.28. The van der Waals surface area contributed by atoms with Gasteiger partial charge in [0.05, 0.1) is 0 Å². The van der Waals surface area contributed by atoms with Crippen LogP contribution >= 0.6 is 15.9 Å². The predicted molar refractivity (Wildman–Crippen MR) is 73.9 cm³/mol. The predicted octanol–water partition coefficient (Wildman–Crippen LogP) is 3.13. The Balaban J connectivity index is 2.05. The molecule has 1 aromatic carbocycles. The second-order valence-corrected chi connectivity index (χ2v) is 6.02. The Labute approximate surface area is 116 Å². The molecule has 0 radical (unpaired) electrons. The van der Waals surface area contributed by atoms with E-state index in [9.17, 15) is 4.39 Å². The van der Waals surface area contributed by atoms with Crippen molar-refractivity contribution < 1.29 is 9.13 Å². The van der Waals surface area contributed by atoms with Crippen molar-refractivity contribution in [2.24, 2.45) is 17.6 Å². The molecule has 1 aromatic rings. The van der Waals surface area contributed by atoms with Crippen LogP contribution < -0.4 is 5.73 Å². The maximum atomic E-state index is 13.7. The molecule has 3 unspecified atom stereocenters. The van der Waals surface area contributed by atoms with Gasteiger partial charge in [-0.25, -0.2) is 4.39 Å². The standard InChI is InChI=1S/C14H19BrFNO/c1-9-8-18-5-4-12(9)14(17)7-10-6-11(15)2-3-13(10)16/h2-3,6,9,12,14H,4-5,7-8,17H2,1H3. The Morgan fingerprint density at radius 3 is 3.06 bits per heavy atom. The summed E-state index contributed by atoms with van der Waals surface area (Å²) >= 11 is 3.37. The van der Waals surface area contributed by atoms with Crippen molar-refractivity contribution >= 4 is 15.9 Å². The van der Waals surface area contributed by atoms with Crippen molar-refractivity contribution in [1.82, 2.24) is 0 Å². The molecule has 4 heteroatoms. The maximum absolute atomic E-state index is 13.7. The lowest BCUT2D eigenvalue weighted by Crippen LogP contribution is -2.41. The molecule has 1 aliphatic heterocycles. The summed E-state index contributed by atoms with van der Waals surface area (Å²) in [6.45, 7) is 3.68. The highest BCUT2D eigenvalue weighted by Crippen LogP contribution is 2.26. The van der Waals surface area contributed by atoms with Crippen LogP contribution in [0.25, 0.3) is 0 Å². The normalized spacial score (nSPS) is 26.0. The summed E-state index contributed by atoms with van der Waals surface area (Å²) in [6, 6.07) is 5.01. The van der Waals surface area contributed by atoms with Crippen molar-refractivity contribution in [3.63, 3.8) is 0 Å². The first-order valence-electron chi connectivity index (χ1n) is 6.35. The third-order valence-corrected chi connectivity index (χ3v) is 4.21. The van der Waals surface area contributed by atoms with E-state index < -0.39 is 0 Å². The number of rotatable bonds is 3. The van der Waals surface area contributed by atoms with Gasteiger partial charge in [0.25, 0.3) is 0 Å². The average molecular weight is 316 g/mol. The fraction of sp³-hybridized carbons (Fsp3) is 0.571. The van der Waals surface area contributed by atoms with Gasteiger partial charge in [0.2, 0.25) is 0 Å². The van der Waals surface area contributed by atoms with E-state index in [1.165, 1.54) is 6.07 Å². The second kappa shape index (κ2) is 6.13. The molecule has 0 aliphatic carbocycles. The van der Waals surface area contributed by atoms with E-state index in [1.54, 1.807) is 6.07 Å². The van der Waals surface area contributed by atoms with Crippen molar-refractivity contribution in [3.05, 3.63) is 34.1 Å². The van der Waals surface area contributed by atoms with Crippen LogP contribution in [-0.4, -0.2) is 19.3 Å². The lowest BCUT2D eigenvalue weighted by molar-refractivity contribution is 0.0156. The van der Waals surface area contributed by atoms with Gasteiger partial charge in [0, 0.05) is 23.7 Å². The molecule has 1 heterocycles. The van der Waals surface area contributed by atoms with Gasteiger partial charge in [-0.1, -0.05) is 22.9 Å². The zero-order valence-corrected chi connectivity index (χ0v) is 12.1. The summed E-state index contributed by atoms with van der Waals surface area (Å²) in [7, 11) is 0. The van der Waals surface area contributed by atoms with Gasteiger partial charge >= 0.3 is 0 Å². The van der Waals surface area contributed by atoms with Gasteiger partial charge in [-0.15, -0.1) is 0 Å². The largest absolute Gasteiger partial charge is 0.381 e. The van der Waals surface area contributed by atoms with E-state index in [4.69, 9.17) is 10.5 Å². The summed E-state index contributed by atoms with van der Waals surface area (Å²) in [5, 5.41) is 0. The molecule has 18 heavy (non-hydrogen) atoms. The molecule has 1 aliphatic rings. The molecule has 0 aromatic heterocycles. The lowest BCUT2D eigenvalue weighted by atomic mass is 9.81. The summed E-state index contributed by atoms with van der Waals surface area (Å²) in [5.41, 5.74) is 6.94. The highest BCUT2D eigenvalue weighted by atomic mass is 79.9. The van der Waals surface area contributed by atoms with Crippen molar-refractivity contribution in [2.45, 2.75) is 25.8 Å². The number of benzene rings is 1. The fourth-order valence-electron chi connectivity index (χ4n) is 2.64. The van der Waals surface area contributed by atoms with E-state index >= 15 is 0 Å². The van der Waals surface area contributed by atoms with E-state index in [-0.39, 0.29) is 11.9 Å². The fourth-order valence-corrected chi connectivity index (χ4v) is 3.05. The minimum atomic E-state index is -0.173. The zero-order valence-electron chi connectivity index (χ0n) is 10.5. The Hall–Kier alpha value is -0.450. The Morgan fingerprint density at radius 2 is 2.33 bits per heavy atom. The van der Waals surface area contributed by atoms with Crippen molar-refractivity contribution in [1.29, 1.82) is 0 Å². The Bertz CT molecular complexity index is 413. The zero-order chi connectivity index (χ0) is 13.1. The molecular weight excluding hydrogens is 297 g/mol. The number of hydrogen-bond donors (Lipinski definition) is 1. The van der Waals surface area contributed by atoms with Crippen LogP contribution in [-0.2, 0) is 11.2 Å². The van der Waals surface area contributed by atoms with Crippen LogP contribution in [0.15, 0.2) is 22.7 Å². The smallest absolute Gasteiger partial charge is 0.126 e. The monoisotopic (exact) mass is 315 g/mol. The molecule has 0 amide bonds. The van der Waals surface area contributed by atoms with Crippen LogP contribution in [0.4, 0.5) is 4.39 Å². The van der Waals surface area contributed by atoms with Crippen molar-refractivity contribution in [3.8, 4) is 0 Å². The molecule has 0 saturated carbocycles. The van der Waals surface area contributed by atoms with E-state index in [2.05, 4.69) is 22.9 Å². The molecule has 2 N–H and O–H groups in total. The Morgan fingerprint density at radius 1 is 1.56 bits per heavy atom. The SMILES string of the molecule is CC1COCCC1C(N)Cc1cc(Br)ccc1F. The van der Waals surface area contributed by atoms with Gasteiger partial charge in [-0.05, 0) is 48.4 Å². The molecule has 3 atom stereocenters. The van der Waals surface area contributed by atoms with Gasteiger partial charge in [0.1, 0.15) is 5.82 Å². The third kappa shape index (κ3) is 3.31. The summed E-state index contributed by atoms with van der Waals surface area (Å²) in [5.74, 6) is 0.689. The molecule has 0 spiro atoms. The molecule has 1 fully saturated rings. The molecule has 2 nitrogen and oxygen atoms in total. The molecular formula is C14H19BrFNO. The minimum Gasteiger partial charge on any atom is -0.381 e. The first-order valence-corrected chi connectivity index (χ1v) is 7.14. The summed E-state index contributed by atoms with van der Waals surface area (Å²) in [6.07, 6.45) is 1.55. The van der Waals surface area contributed by atoms with Crippen LogP contribution in [0.3, 0.4) is 0 Å². The Kier molecular flexibility index (Phi) is 4.76. The molecule has 100 valence electrons. The third-order valence-electron chi connectivity index (χ3n) is 3.72. The number of ether oxygens (including phenoxy) is 1. The topological polar surface area (TPSA) is 35.2 Å². The average Bonchev–Trinajstić information content (AvgIpc) is 2.34. The lowest BCUT2D eigenvalue weighted by Gasteiger charge is -2.33. The van der Waals surface area contributed by atoms with Gasteiger partial charge in [-0.2, -0.15) is 0 Å². The first kappa shape index (κ1) is 14.0. The van der Waals surface area contributed by atoms with Gasteiger partial charge < -0.3 is 10.5 Å². The first-order chi connectivity index (χ1) is 8.58. The molecule has 0 bridgehead atoms. The van der Waals surface area contributed by atoms with E-state index in [0.717, 1.165) is 24.1 Å². The quantitative estimate of drug-likeness (QED) is 0.930. The highest BCUT2D eigenvalue weighted by molar-refractivity contribution is 9.10.